The summed E-state index contributed by atoms with van der Waals surface area (Å²) in [5, 5.41) is 2.94. The third-order valence-corrected chi connectivity index (χ3v) is 4.47. The second-order valence-electron chi connectivity index (χ2n) is 6.27. The molecule has 1 fully saturated rings. The third kappa shape index (κ3) is 4.98. The summed E-state index contributed by atoms with van der Waals surface area (Å²) in [6.45, 7) is 3.53. The maximum Gasteiger partial charge on any atom is 0.343 e. The number of hydrogen-bond donors (Lipinski definition) is 0. The molecule has 0 unspecified atom stereocenters. The van der Waals surface area contributed by atoms with Gasteiger partial charge in [-0.3, -0.25) is 9.89 Å². The van der Waals surface area contributed by atoms with Crippen LogP contribution in [0.4, 0.5) is 5.69 Å². The van der Waals surface area contributed by atoms with Gasteiger partial charge in [0.2, 0.25) is 0 Å². The van der Waals surface area contributed by atoms with Crippen LogP contribution in [-0.4, -0.2) is 57.0 Å². The van der Waals surface area contributed by atoms with Crippen molar-refractivity contribution in [1.29, 1.82) is 0 Å². The van der Waals surface area contributed by atoms with Gasteiger partial charge in [0.1, 0.15) is 12.4 Å². The van der Waals surface area contributed by atoms with Gasteiger partial charge in [-0.05, 0) is 42.0 Å². The van der Waals surface area contributed by atoms with Crippen molar-refractivity contribution in [2.24, 2.45) is 10.2 Å². The molecule has 1 aliphatic heterocycles. The minimum absolute atomic E-state index is 0.245. The second kappa shape index (κ2) is 9.05. The highest BCUT2D eigenvalue weighted by Crippen LogP contribution is 2.21. The SMILES string of the molecule is CN=Cc1ccc(C(=O)Oc2ccc(N3CCN(CN=O)CC3)cc2)cc1. The third-order valence-electron chi connectivity index (χ3n) is 4.47. The van der Waals surface area contributed by atoms with Crippen LogP contribution in [0.1, 0.15) is 15.9 Å². The molecule has 3 rings (SSSR count). The summed E-state index contributed by atoms with van der Waals surface area (Å²) in [6.07, 6.45) is 1.73. The number of anilines is 1. The summed E-state index contributed by atoms with van der Waals surface area (Å²) in [5.41, 5.74) is 2.49. The Bertz CT molecular complexity index is 795. The van der Waals surface area contributed by atoms with Crippen molar-refractivity contribution in [3.63, 3.8) is 0 Å². The molecular weight excluding hydrogens is 344 g/mol. The molecule has 7 nitrogen and oxygen atoms in total. The largest absolute Gasteiger partial charge is 0.423 e. The lowest BCUT2D eigenvalue weighted by Gasteiger charge is -2.34. The van der Waals surface area contributed by atoms with Crippen LogP contribution in [-0.2, 0) is 0 Å². The zero-order chi connectivity index (χ0) is 19.1. The van der Waals surface area contributed by atoms with Crippen molar-refractivity contribution in [3.8, 4) is 5.75 Å². The van der Waals surface area contributed by atoms with Crippen LogP contribution < -0.4 is 9.64 Å². The molecule has 2 aromatic rings. The molecule has 0 amide bonds. The van der Waals surface area contributed by atoms with Crippen molar-refractivity contribution < 1.29 is 9.53 Å². The summed E-state index contributed by atoms with van der Waals surface area (Å²) >= 11 is 0. The number of nitroso groups, excluding NO2 is 1. The van der Waals surface area contributed by atoms with Gasteiger partial charge in [-0.15, -0.1) is 4.91 Å². The standard InChI is InChI=1S/C20H22N4O3/c1-21-14-16-2-4-17(5-3-16)20(25)27-19-8-6-18(7-9-19)24-12-10-23(11-13-24)15-22-26/h2-9,14H,10-13,15H2,1H3. The zero-order valence-electron chi connectivity index (χ0n) is 15.2. The van der Waals surface area contributed by atoms with E-state index in [0.29, 0.717) is 11.3 Å². The Labute approximate surface area is 158 Å². The number of carbonyl (C=O) groups excluding carboxylic acids is 1. The van der Waals surface area contributed by atoms with Crippen molar-refractivity contribution in [2.75, 3.05) is 44.8 Å². The molecule has 0 aliphatic carbocycles. The Hall–Kier alpha value is -3.06. The average Bonchev–Trinajstić information content (AvgIpc) is 2.70. The highest BCUT2D eigenvalue weighted by Gasteiger charge is 2.17. The van der Waals surface area contributed by atoms with E-state index < -0.39 is 5.97 Å². The summed E-state index contributed by atoms with van der Waals surface area (Å²) in [6, 6.07) is 14.6. The first-order valence-corrected chi connectivity index (χ1v) is 8.80. The van der Waals surface area contributed by atoms with E-state index in [0.717, 1.165) is 37.4 Å². The number of nitrogens with zero attached hydrogens (tertiary/aromatic N) is 4. The van der Waals surface area contributed by atoms with E-state index >= 15 is 0 Å². The van der Waals surface area contributed by atoms with E-state index in [1.54, 1.807) is 37.5 Å². The van der Waals surface area contributed by atoms with Crippen LogP contribution >= 0.6 is 0 Å². The second-order valence-corrected chi connectivity index (χ2v) is 6.27. The Morgan fingerprint density at radius 2 is 1.70 bits per heavy atom. The highest BCUT2D eigenvalue weighted by molar-refractivity contribution is 5.92. The van der Waals surface area contributed by atoms with Crippen molar-refractivity contribution in [1.82, 2.24) is 4.90 Å². The van der Waals surface area contributed by atoms with E-state index in [9.17, 15) is 9.70 Å². The molecule has 0 saturated carbocycles. The molecule has 1 heterocycles. The first-order valence-electron chi connectivity index (χ1n) is 8.80. The van der Waals surface area contributed by atoms with Crippen molar-refractivity contribution in [3.05, 3.63) is 64.6 Å². The fourth-order valence-corrected chi connectivity index (χ4v) is 2.97. The number of piperazine rings is 1. The molecule has 0 radical (unpaired) electrons. The van der Waals surface area contributed by atoms with Gasteiger partial charge in [0.05, 0.1) is 5.56 Å². The van der Waals surface area contributed by atoms with Crippen LogP contribution in [0.2, 0.25) is 0 Å². The highest BCUT2D eigenvalue weighted by atomic mass is 16.5. The smallest absolute Gasteiger partial charge is 0.343 e. The maximum absolute atomic E-state index is 12.3. The Morgan fingerprint density at radius 3 is 2.30 bits per heavy atom. The number of benzene rings is 2. The van der Waals surface area contributed by atoms with Gasteiger partial charge in [-0.2, -0.15) is 0 Å². The lowest BCUT2D eigenvalue weighted by Crippen LogP contribution is -2.46. The zero-order valence-corrected chi connectivity index (χ0v) is 15.2. The normalized spacial score (nSPS) is 15.1. The van der Waals surface area contributed by atoms with Crippen molar-refractivity contribution >= 4 is 17.9 Å². The molecule has 0 spiro atoms. The quantitative estimate of drug-likeness (QED) is 0.340. The predicted octanol–water partition coefficient (Wildman–Crippen LogP) is 2.80. The molecule has 0 aromatic heterocycles. The van der Waals surface area contributed by atoms with Crippen molar-refractivity contribution in [2.45, 2.75) is 0 Å². The Balaban J connectivity index is 1.57. The van der Waals surface area contributed by atoms with Crippen LogP contribution in [0.15, 0.2) is 58.7 Å². The van der Waals surface area contributed by atoms with Gasteiger partial charge in [0.25, 0.3) is 0 Å². The van der Waals surface area contributed by atoms with Crippen LogP contribution in [0, 0.1) is 4.91 Å². The van der Waals surface area contributed by atoms with E-state index in [1.807, 2.05) is 29.2 Å². The number of aliphatic imine (C=N–C) groups is 1. The van der Waals surface area contributed by atoms with E-state index in [1.165, 1.54) is 0 Å². The molecule has 140 valence electrons. The number of carbonyl (C=O) groups is 1. The molecular formula is C20H22N4O3. The minimum atomic E-state index is -0.391. The molecule has 0 bridgehead atoms. The molecule has 7 heteroatoms. The van der Waals surface area contributed by atoms with Gasteiger partial charge >= 0.3 is 5.97 Å². The summed E-state index contributed by atoms with van der Waals surface area (Å²) < 4.78 is 5.45. The number of ether oxygens (including phenoxy) is 1. The molecule has 2 aromatic carbocycles. The van der Waals surface area contributed by atoms with Gasteiger partial charge in [-0.1, -0.05) is 17.3 Å². The van der Waals surface area contributed by atoms with E-state index in [-0.39, 0.29) is 6.67 Å². The minimum Gasteiger partial charge on any atom is -0.423 e. The van der Waals surface area contributed by atoms with Gasteiger partial charge in [0.15, 0.2) is 0 Å². The first-order chi connectivity index (χ1) is 13.2. The summed E-state index contributed by atoms with van der Waals surface area (Å²) in [7, 11) is 1.70. The molecule has 27 heavy (non-hydrogen) atoms. The summed E-state index contributed by atoms with van der Waals surface area (Å²) in [4.78, 5) is 30.8. The fourth-order valence-electron chi connectivity index (χ4n) is 2.97. The van der Waals surface area contributed by atoms with Gasteiger partial charge in [-0.25, -0.2) is 4.79 Å². The van der Waals surface area contributed by atoms with E-state index in [4.69, 9.17) is 4.74 Å². The monoisotopic (exact) mass is 366 g/mol. The lowest BCUT2D eigenvalue weighted by molar-refractivity contribution is 0.0735. The van der Waals surface area contributed by atoms with Crippen LogP contribution in [0.5, 0.6) is 5.75 Å². The fraction of sp³-hybridized carbons (Fsp3) is 0.300. The molecule has 0 atom stereocenters. The number of esters is 1. The first kappa shape index (κ1) is 18.7. The van der Waals surface area contributed by atoms with Gasteiger partial charge < -0.3 is 9.64 Å². The topological polar surface area (TPSA) is 74.6 Å². The Morgan fingerprint density at radius 1 is 1.04 bits per heavy atom. The Kier molecular flexibility index (Phi) is 6.27. The average molecular weight is 366 g/mol. The predicted molar refractivity (Wildman–Crippen MR) is 106 cm³/mol. The van der Waals surface area contributed by atoms with Crippen LogP contribution in [0.25, 0.3) is 0 Å². The van der Waals surface area contributed by atoms with Crippen LogP contribution in [0.3, 0.4) is 0 Å². The molecule has 1 aliphatic rings. The lowest BCUT2D eigenvalue weighted by atomic mass is 10.1. The maximum atomic E-state index is 12.3. The van der Waals surface area contributed by atoms with E-state index in [2.05, 4.69) is 15.1 Å². The van der Waals surface area contributed by atoms with Gasteiger partial charge in [0, 0.05) is 45.1 Å². The number of rotatable bonds is 6. The molecule has 1 saturated heterocycles. The summed E-state index contributed by atoms with van der Waals surface area (Å²) in [5.74, 6) is 0.115. The number of hydrogen-bond acceptors (Lipinski definition) is 7. The molecule has 0 N–H and O–H groups in total.